The lowest BCUT2D eigenvalue weighted by Gasteiger charge is -2.19. The Bertz CT molecular complexity index is 2930. The molecule has 2 atom stereocenters. The second-order valence-electron chi connectivity index (χ2n) is 24.1. The molecule has 1 aliphatic carbocycles. The van der Waals surface area contributed by atoms with Crippen LogP contribution in [0.2, 0.25) is 0 Å². The number of amides is 3. The van der Waals surface area contributed by atoms with E-state index in [1.54, 1.807) is 25.3 Å². The minimum atomic E-state index is -1.22. The van der Waals surface area contributed by atoms with Crippen molar-refractivity contribution in [1.29, 1.82) is 0 Å². The van der Waals surface area contributed by atoms with Crippen LogP contribution in [0, 0.1) is 0 Å². The van der Waals surface area contributed by atoms with E-state index in [9.17, 15) is 33.6 Å². The predicted octanol–water partition coefficient (Wildman–Crippen LogP) is 15.8. The summed E-state index contributed by atoms with van der Waals surface area (Å²) >= 11 is 3.87. The number of carbonyl (C=O) groups is 7. The van der Waals surface area contributed by atoms with E-state index < -0.39 is 48.3 Å². The number of nitrogens with two attached hydrogens (primary N) is 2. The number of carboxylic acids is 2. The predicted molar refractivity (Wildman–Crippen MR) is 379 cm³/mol. The third kappa shape index (κ3) is 41.2. The lowest BCUT2D eigenvalue weighted by atomic mass is 9.90. The van der Waals surface area contributed by atoms with Crippen LogP contribution in [0.4, 0.5) is 0 Å². The van der Waals surface area contributed by atoms with Gasteiger partial charge in [-0.05, 0) is 224 Å². The van der Waals surface area contributed by atoms with E-state index in [1.165, 1.54) is 95.4 Å². The maximum Gasteiger partial charge on any atom is 0.322 e. The summed E-state index contributed by atoms with van der Waals surface area (Å²) in [5, 5.41) is 21.4. The number of hydrogen-bond acceptors (Lipinski definition) is 12. The number of aromatic nitrogens is 1. The lowest BCUT2D eigenvalue weighted by Crippen LogP contribution is -2.49. The smallest absolute Gasteiger partial charge is 0.322 e. The maximum atomic E-state index is 12.9. The Morgan fingerprint density at radius 1 is 0.565 bits per heavy atom. The standard InChI is InChI=1S/C59H90O4.C10H17N3O6S.C6H6N2O/c1-44(2)24-15-25-45(3)26-16-27-46(4)28-17-29-47(5)30-18-31-48(6)32-19-33-49(7)34-20-35-50(8)36-21-37-51(9)38-22-39-52(10)40-23-41-53(11)42-43-55-54(12)56(60)58(62-13)59(63-14)57(55)61;11-5(10(18)19)1-2-7(14)13-6(4-20)9(17)12-3-8(15)16;7-6(9)5-2-1-3-8-4-5/h24,26,28,30,32,34,36,38,40,42H,15-23,25,27,29,31,33,35,37,39,41,43H2,1-14H3;5-6,20H,1-4,11H2,(H,12,17)(H,13,14)(H,15,16)(H,18,19);1-4H,(H2,7,9)/b45-26+,46-28+,47-30+,48-32+,49-34+,50-36+,51-38+,52-40+,53-42+;;. The zero-order valence-electron chi connectivity index (χ0n) is 58.1. The molecule has 1 heterocycles. The molecule has 1 aromatic rings. The van der Waals surface area contributed by atoms with E-state index in [-0.39, 0.29) is 41.7 Å². The number of thiol groups is 1. The van der Waals surface area contributed by atoms with Gasteiger partial charge in [0.25, 0.3) is 0 Å². The average molecular weight is 1290 g/mol. The number of nitrogens with one attached hydrogen (secondary N) is 2. The highest BCUT2D eigenvalue weighted by Gasteiger charge is 2.34. The SMILES string of the molecule is COC1=C(OC)C(=O)C(C/C=C(\C)CC/C=C(\C)CC/C=C(\C)CC/C=C(\C)CC/C=C(\C)CC/C=C(\C)CC/C=C(\C)CC/C=C(\C)CC/C=C(\C)CCC=C(C)C)=C(C)C1=O.NC(=O)c1cccnc1.NC(CCC(=O)NC(CS)C(=O)NCC(=O)O)C(=O)O. The van der Waals surface area contributed by atoms with Crippen LogP contribution in [0.1, 0.15) is 228 Å². The van der Waals surface area contributed by atoms with Crippen molar-refractivity contribution < 1.29 is 53.2 Å². The normalized spacial score (nSPS) is 14.6. The number of carbonyl (C=O) groups excluding carboxylic acids is 5. The number of hydrogen-bond donors (Lipinski definition) is 7. The Balaban J connectivity index is 0.00000232. The molecular formula is C75H113N5O11S. The molecule has 0 aliphatic heterocycles. The lowest BCUT2D eigenvalue weighted by molar-refractivity contribution is -0.139. The van der Waals surface area contributed by atoms with Crippen LogP contribution in [-0.2, 0) is 38.2 Å². The number of methoxy groups -OCH3 is 2. The summed E-state index contributed by atoms with van der Waals surface area (Å²) in [6.07, 6.45) is 47.1. The van der Waals surface area contributed by atoms with E-state index in [2.05, 4.69) is 165 Å². The monoisotopic (exact) mass is 1290 g/mol. The van der Waals surface area contributed by atoms with Crippen molar-refractivity contribution in [3.8, 4) is 0 Å². The van der Waals surface area contributed by atoms with E-state index in [0.29, 0.717) is 23.1 Å². The number of nitrogens with zero attached hydrogens (tertiary/aromatic N) is 1. The highest BCUT2D eigenvalue weighted by Crippen LogP contribution is 2.29. The zero-order chi connectivity index (χ0) is 69.6. The number of pyridine rings is 1. The maximum absolute atomic E-state index is 12.9. The fraction of sp³-hybridized carbons (Fsp3) is 0.520. The van der Waals surface area contributed by atoms with Crippen molar-refractivity contribution in [1.82, 2.24) is 15.6 Å². The van der Waals surface area contributed by atoms with Gasteiger partial charge < -0.3 is 41.8 Å². The zero-order valence-corrected chi connectivity index (χ0v) is 59.0. The van der Waals surface area contributed by atoms with E-state index in [1.807, 2.05) is 0 Å². The van der Waals surface area contributed by atoms with Gasteiger partial charge in [-0.2, -0.15) is 12.6 Å². The van der Waals surface area contributed by atoms with Crippen LogP contribution in [-0.4, -0.2) is 95.0 Å². The molecule has 1 aliphatic rings. The first-order valence-corrected chi connectivity index (χ1v) is 32.9. The van der Waals surface area contributed by atoms with Crippen LogP contribution in [0.15, 0.2) is 164 Å². The highest BCUT2D eigenvalue weighted by molar-refractivity contribution is 7.80. The summed E-state index contributed by atoms with van der Waals surface area (Å²) in [6, 6.07) is 1.14. The molecule has 0 saturated heterocycles. The second-order valence-corrected chi connectivity index (χ2v) is 24.5. The molecule has 0 saturated carbocycles. The molecule has 0 aromatic carbocycles. The molecule has 2 rings (SSSR count). The number of rotatable bonds is 41. The van der Waals surface area contributed by atoms with Gasteiger partial charge in [-0.3, -0.25) is 38.5 Å². The van der Waals surface area contributed by atoms with Crippen LogP contribution in [0.3, 0.4) is 0 Å². The fourth-order valence-electron chi connectivity index (χ4n) is 9.26. The minimum absolute atomic E-state index is 0.00667. The Kier molecular flexibility index (Phi) is 46.2. The van der Waals surface area contributed by atoms with Crippen LogP contribution in [0.25, 0.3) is 0 Å². The van der Waals surface area contributed by atoms with Crippen molar-refractivity contribution in [3.63, 3.8) is 0 Å². The first-order valence-electron chi connectivity index (χ1n) is 32.3. The van der Waals surface area contributed by atoms with Crippen LogP contribution >= 0.6 is 12.6 Å². The van der Waals surface area contributed by atoms with Crippen molar-refractivity contribution in [2.75, 3.05) is 26.5 Å². The van der Waals surface area contributed by atoms with Gasteiger partial charge in [0.05, 0.1) is 19.8 Å². The van der Waals surface area contributed by atoms with Crippen molar-refractivity contribution in [2.45, 2.75) is 230 Å². The fourth-order valence-corrected chi connectivity index (χ4v) is 9.51. The largest absolute Gasteiger partial charge is 0.489 e. The number of ketones is 2. The highest BCUT2D eigenvalue weighted by atomic mass is 32.1. The van der Waals surface area contributed by atoms with Crippen molar-refractivity contribution >= 4 is 53.9 Å². The third-order valence-electron chi connectivity index (χ3n) is 15.3. The summed E-state index contributed by atoms with van der Waals surface area (Å²) in [5.41, 5.74) is 26.1. The summed E-state index contributed by atoms with van der Waals surface area (Å²) in [7, 11) is 2.78. The third-order valence-corrected chi connectivity index (χ3v) is 15.7. The molecule has 8 N–H and O–H groups in total. The number of carboxylic acid groups (broad SMARTS) is 2. The summed E-state index contributed by atoms with van der Waals surface area (Å²) in [4.78, 5) is 83.4. The molecule has 3 amide bonds. The number of ether oxygens (including phenoxy) is 2. The molecule has 510 valence electrons. The summed E-state index contributed by atoms with van der Waals surface area (Å²) < 4.78 is 10.3. The quantitative estimate of drug-likeness (QED) is 0.0183. The minimum Gasteiger partial charge on any atom is -0.489 e. The summed E-state index contributed by atoms with van der Waals surface area (Å²) in [5.74, 6) is -4.72. The first-order chi connectivity index (χ1) is 43.6. The Hall–Kier alpha value is -7.37. The summed E-state index contributed by atoms with van der Waals surface area (Å²) in [6.45, 7) is 25.8. The van der Waals surface area contributed by atoms with Gasteiger partial charge in [0.15, 0.2) is 0 Å². The van der Waals surface area contributed by atoms with Crippen LogP contribution in [0.5, 0.6) is 0 Å². The van der Waals surface area contributed by atoms with Crippen molar-refractivity contribution in [3.05, 3.63) is 169 Å². The molecular weight excluding hydrogens is 1180 g/mol. The van der Waals surface area contributed by atoms with Gasteiger partial charge in [0.2, 0.25) is 40.8 Å². The molecule has 92 heavy (non-hydrogen) atoms. The molecule has 16 nitrogen and oxygen atoms in total. The van der Waals surface area contributed by atoms with Crippen LogP contribution < -0.4 is 22.1 Å². The van der Waals surface area contributed by atoms with Gasteiger partial charge in [-0.1, -0.05) is 116 Å². The Morgan fingerprint density at radius 2 is 0.924 bits per heavy atom. The molecule has 17 heteroatoms. The Morgan fingerprint density at radius 3 is 1.22 bits per heavy atom. The molecule has 1 aromatic heterocycles. The van der Waals surface area contributed by atoms with Gasteiger partial charge in [-0.25, -0.2) is 0 Å². The second kappa shape index (κ2) is 50.2. The Labute approximate surface area is 557 Å². The number of aliphatic carboxylic acids is 2. The first kappa shape index (κ1) is 84.6. The average Bonchev–Trinajstić information content (AvgIpc) is 0.803. The van der Waals surface area contributed by atoms with E-state index >= 15 is 0 Å². The van der Waals surface area contributed by atoms with Gasteiger partial charge in [-0.15, -0.1) is 0 Å². The van der Waals surface area contributed by atoms with Gasteiger partial charge >= 0.3 is 11.9 Å². The topological polar surface area (TPSA) is 267 Å². The molecule has 0 bridgehead atoms. The molecule has 2 unspecified atom stereocenters. The van der Waals surface area contributed by atoms with Gasteiger partial charge in [0, 0.05) is 35.7 Å². The number of primary amides is 1. The molecule has 0 spiro atoms. The van der Waals surface area contributed by atoms with E-state index in [0.717, 1.165) is 96.3 Å². The molecule has 0 fully saturated rings. The number of allylic oxidation sites excluding steroid dienone is 22. The van der Waals surface area contributed by atoms with E-state index in [4.69, 9.17) is 31.2 Å². The van der Waals surface area contributed by atoms with Gasteiger partial charge in [0.1, 0.15) is 18.6 Å². The molecule has 0 radical (unpaired) electrons. The van der Waals surface area contributed by atoms with Crippen molar-refractivity contribution in [2.24, 2.45) is 11.5 Å². The number of Topliss-reactive ketones (excluding diaryl/α,β-unsaturated/α-hetero) is 2.